The Morgan fingerprint density at radius 3 is 2.21 bits per heavy atom. The van der Waals surface area contributed by atoms with Gasteiger partial charge in [0.25, 0.3) is 0 Å². The van der Waals surface area contributed by atoms with E-state index in [9.17, 15) is 24.6 Å². The summed E-state index contributed by atoms with van der Waals surface area (Å²) >= 11 is 0. The smallest absolute Gasteiger partial charge is 0.338 e. The number of rotatable bonds is 10. The zero-order valence-electron chi connectivity index (χ0n) is 35.0. The summed E-state index contributed by atoms with van der Waals surface area (Å²) in [6, 6.07) is 8.86. The standard InChI is InChI=1S/C44H62O14/c1-22(45)29-16-19-44-42(29,6)38(54-25(4)46)36(56-39(49)26-12-10-9-11-13-26)37-41(5)17-15-28(20-27(41)14-18-43(37,44)58-44)55-31-21-30(50-7)34(24(3)52-31)57-40-33(48)35(51-8)32(47)23(2)53-40/h9-13,23-24,27-38,40,47-48H,14-21H2,1-8H3/t23?,24?,27?,28?,29?,30?,31?,32?,33?,34?,35?,36?,37?,38?,40?,41-,42-,43-,44+/m0/s1. The number of epoxide rings is 1. The normalized spacial score (nSPS) is 49.4. The highest BCUT2D eigenvalue weighted by Crippen LogP contribution is 2.81. The van der Waals surface area contributed by atoms with E-state index in [1.54, 1.807) is 45.2 Å². The van der Waals surface area contributed by atoms with Gasteiger partial charge in [-0.3, -0.25) is 9.59 Å². The molecule has 58 heavy (non-hydrogen) atoms. The molecule has 14 heteroatoms. The molecule has 4 saturated carbocycles. The molecule has 15 unspecified atom stereocenters. The zero-order chi connectivity index (χ0) is 41.5. The second kappa shape index (κ2) is 15.4. The van der Waals surface area contributed by atoms with Crippen LogP contribution in [0, 0.1) is 28.6 Å². The monoisotopic (exact) mass is 814 g/mol. The van der Waals surface area contributed by atoms with Crippen molar-refractivity contribution in [3.8, 4) is 0 Å². The van der Waals surface area contributed by atoms with E-state index in [0.29, 0.717) is 31.2 Å². The maximum atomic E-state index is 14.0. The summed E-state index contributed by atoms with van der Waals surface area (Å²) in [6.07, 6.45) is -3.22. The van der Waals surface area contributed by atoms with Crippen LogP contribution in [-0.2, 0) is 52.2 Å². The van der Waals surface area contributed by atoms with Gasteiger partial charge in [-0.25, -0.2) is 4.79 Å². The summed E-state index contributed by atoms with van der Waals surface area (Å²) in [5.41, 5.74) is -2.18. The number of Topliss-reactive ketones (excluding diaryl/α,β-unsaturated/α-hetero) is 1. The summed E-state index contributed by atoms with van der Waals surface area (Å²) in [7, 11) is 3.04. The van der Waals surface area contributed by atoms with Gasteiger partial charge >= 0.3 is 11.9 Å². The van der Waals surface area contributed by atoms with E-state index in [2.05, 4.69) is 6.92 Å². The van der Waals surface area contributed by atoms with E-state index in [4.69, 9.17) is 42.6 Å². The van der Waals surface area contributed by atoms with E-state index in [1.165, 1.54) is 14.0 Å². The van der Waals surface area contributed by atoms with Crippen molar-refractivity contribution in [2.24, 2.45) is 28.6 Å². The summed E-state index contributed by atoms with van der Waals surface area (Å²) in [6.45, 7) is 10.9. The Kier molecular flexibility index (Phi) is 11.2. The molecule has 0 amide bonds. The first-order chi connectivity index (χ1) is 27.5. The molecule has 0 bridgehead atoms. The number of ketones is 1. The van der Waals surface area contributed by atoms with E-state index < -0.39 is 102 Å². The third-order valence-electron chi connectivity index (χ3n) is 15.8. The fourth-order valence-corrected chi connectivity index (χ4v) is 13.1. The minimum atomic E-state index is -1.22. The molecule has 14 nitrogen and oxygen atoms in total. The van der Waals surface area contributed by atoms with Gasteiger partial charge in [0.1, 0.15) is 53.6 Å². The number of esters is 2. The van der Waals surface area contributed by atoms with Crippen molar-refractivity contribution in [2.75, 3.05) is 14.2 Å². The highest BCUT2D eigenvalue weighted by molar-refractivity contribution is 5.89. The van der Waals surface area contributed by atoms with Crippen LogP contribution in [0.1, 0.15) is 103 Å². The summed E-state index contributed by atoms with van der Waals surface area (Å²) in [5, 5.41) is 21.4. The van der Waals surface area contributed by atoms with Gasteiger partial charge in [0.05, 0.1) is 30.0 Å². The summed E-state index contributed by atoms with van der Waals surface area (Å²) in [5.74, 6) is -1.51. The molecular weight excluding hydrogens is 752 g/mol. The van der Waals surface area contributed by atoms with Gasteiger partial charge < -0.3 is 52.8 Å². The fourth-order valence-electron chi connectivity index (χ4n) is 13.1. The Bertz CT molecular complexity index is 1710. The second-order valence-corrected chi connectivity index (χ2v) is 18.6. The van der Waals surface area contributed by atoms with Crippen molar-refractivity contribution in [3.63, 3.8) is 0 Å². The maximum absolute atomic E-state index is 14.0. The van der Waals surface area contributed by atoms with Gasteiger partial charge in [0, 0.05) is 44.8 Å². The maximum Gasteiger partial charge on any atom is 0.338 e. The van der Waals surface area contributed by atoms with Crippen LogP contribution in [0.2, 0.25) is 0 Å². The molecular formula is C44H62O14. The number of carbonyl (C=O) groups is 3. The minimum Gasteiger partial charge on any atom is -0.458 e. The van der Waals surface area contributed by atoms with Gasteiger partial charge in [-0.1, -0.05) is 32.0 Å². The predicted molar refractivity (Wildman–Crippen MR) is 204 cm³/mol. The number of carbonyl (C=O) groups excluding carboxylic acids is 3. The third-order valence-corrected chi connectivity index (χ3v) is 15.8. The van der Waals surface area contributed by atoms with Crippen LogP contribution in [0.5, 0.6) is 0 Å². The van der Waals surface area contributed by atoms with E-state index >= 15 is 0 Å². The van der Waals surface area contributed by atoms with Crippen molar-refractivity contribution < 1.29 is 67.2 Å². The average Bonchev–Trinajstić information content (AvgIpc) is 3.74. The van der Waals surface area contributed by atoms with E-state index in [0.717, 1.165) is 25.7 Å². The van der Waals surface area contributed by atoms with Gasteiger partial charge in [0.2, 0.25) is 0 Å². The molecule has 2 spiro atoms. The molecule has 1 aromatic carbocycles. The van der Waals surface area contributed by atoms with Crippen molar-refractivity contribution >= 4 is 17.7 Å². The lowest BCUT2D eigenvalue weighted by Gasteiger charge is -2.61. The van der Waals surface area contributed by atoms with Crippen LogP contribution in [0.3, 0.4) is 0 Å². The van der Waals surface area contributed by atoms with Gasteiger partial charge in [-0.05, 0) is 89.2 Å². The molecule has 322 valence electrons. The third kappa shape index (κ3) is 6.42. The molecule has 3 heterocycles. The molecule has 2 N–H and O–H groups in total. The molecule has 19 atom stereocenters. The SMILES string of the molecule is COC1CC(OC2CC[C@@]3(C)C(CC[C@@]45O[C@@]46CCC(C(C)=O)[C@@]6(C)C(OC(C)=O)C(OC(=O)c4ccccc4)C35)C2)OC(C)C1OC1OC(C)C(O)C(OC)C1O. The summed E-state index contributed by atoms with van der Waals surface area (Å²) < 4.78 is 56.6. The van der Waals surface area contributed by atoms with E-state index in [1.807, 2.05) is 19.9 Å². The molecule has 1 aromatic rings. The van der Waals surface area contributed by atoms with Gasteiger partial charge in [0.15, 0.2) is 12.6 Å². The van der Waals surface area contributed by atoms with E-state index in [-0.39, 0.29) is 29.1 Å². The van der Waals surface area contributed by atoms with Gasteiger partial charge in [-0.15, -0.1) is 0 Å². The number of hydrogen-bond donors (Lipinski definition) is 2. The Hall–Kier alpha value is -2.53. The number of fused-ring (bicyclic) bond motifs is 2. The molecule has 4 aliphatic carbocycles. The first-order valence-corrected chi connectivity index (χ1v) is 21.2. The van der Waals surface area contributed by atoms with Crippen molar-refractivity contribution in [1.29, 1.82) is 0 Å². The minimum absolute atomic E-state index is 0.0215. The van der Waals surface area contributed by atoms with Crippen LogP contribution in [0.4, 0.5) is 0 Å². The van der Waals surface area contributed by atoms with Crippen LogP contribution < -0.4 is 0 Å². The number of benzene rings is 1. The molecule has 7 fully saturated rings. The highest BCUT2D eigenvalue weighted by Gasteiger charge is 2.91. The molecule has 3 aliphatic heterocycles. The number of ether oxygens (including phenoxy) is 9. The highest BCUT2D eigenvalue weighted by atomic mass is 16.7. The topological polar surface area (TPSA) is 178 Å². The predicted octanol–water partition coefficient (Wildman–Crippen LogP) is 4.29. The van der Waals surface area contributed by atoms with Crippen LogP contribution >= 0.6 is 0 Å². The molecule has 0 aromatic heterocycles. The number of hydrogen-bond acceptors (Lipinski definition) is 14. The number of aliphatic hydroxyl groups excluding tert-OH is 2. The Labute approximate surface area is 340 Å². The molecule has 0 radical (unpaired) electrons. The first-order valence-electron chi connectivity index (χ1n) is 21.2. The fraction of sp³-hybridized carbons (Fsp3) is 0.795. The summed E-state index contributed by atoms with van der Waals surface area (Å²) in [4.78, 5) is 40.3. The van der Waals surface area contributed by atoms with Crippen molar-refractivity contribution in [1.82, 2.24) is 0 Å². The lowest BCUT2D eigenvalue weighted by molar-refractivity contribution is -0.343. The number of methoxy groups -OCH3 is 2. The van der Waals surface area contributed by atoms with Crippen LogP contribution in [0.15, 0.2) is 30.3 Å². The van der Waals surface area contributed by atoms with Crippen molar-refractivity contribution in [3.05, 3.63) is 35.9 Å². The second-order valence-electron chi connectivity index (χ2n) is 18.6. The van der Waals surface area contributed by atoms with Crippen molar-refractivity contribution in [2.45, 2.75) is 178 Å². The lowest BCUT2D eigenvalue weighted by atomic mass is 9.43. The molecule has 3 saturated heterocycles. The molecule has 7 aliphatic rings. The lowest BCUT2D eigenvalue weighted by Crippen LogP contribution is -2.70. The Morgan fingerprint density at radius 1 is 0.793 bits per heavy atom. The quantitative estimate of drug-likeness (QED) is 0.194. The van der Waals surface area contributed by atoms with Crippen LogP contribution in [0.25, 0.3) is 0 Å². The largest absolute Gasteiger partial charge is 0.458 e. The molecule has 8 rings (SSSR count). The first kappa shape index (κ1) is 42.2. The zero-order valence-corrected chi connectivity index (χ0v) is 35.0. The Balaban J connectivity index is 1.02. The van der Waals surface area contributed by atoms with Crippen LogP contribution in [-0.4, -0.2) is 127 Å². The average molecular weight is 815 g/mol. The number of aliphatic hydroxyl groups is 2. The Morgan fingerprint density at radius 2 is 1.53 bits per heavy atom. The van der Waals surface area contributed by atoms with Gasteiger partial charge in [-0.2, -0.15) is 0 Å².